The molecule has 0 spiro atoms. The van der Waals surface area contributed by atoms with Crippen molar-refractivity contribution in [1.29, 1.82) is 0 Å². The van der Waals surface area contributed by atoms with Crippen LogP contribution in [0.15, 0.2) is 0 Å². The van der Waals surface area contributed by atoms with E-state index in [1.807, 2.05) is 0 Å². The van der Waals surface area contributed by atoms with Crippen LogP contribution in [0.3, 0.4) is 0 Å². The Morgan fingerprint density at radius 3 is 2.46 bits per heavy atom. The van der Waals surface area contributed by atoms with E-state index in [-0.39, 0.29) is 0 Å². The van der Waals surface area contributed by atoms with Crippen molar-refractivity contribution in [3.63, 3.8) is 0 Å². The van der Waals surface area contributed by atoms with Gasteiger partial charge in [-0.15, -0.1) is 0 Å². The molecule has 1 fully saturated rings. The highest BCUT2D eigenvalue weighted by atomic mass is 16.1. The summed E-state index contributed by atoms with van der Waals surface area (Å²) in [6, 6.07) is 0. The maximum absolute atomic E-state index is 12.0. The summed E-state index contributed by atoms with van der Waals surface area (Å²) >= 11 is 0. The number of hydrogen-bond donors (Lipinski definition) is 0. The Kier molecular flexibility index (Phi) is 3.52. The highest BCUT2D eigenvalue weighted by molar-refractivity contribution is 5.84. The first kappa shape index (κ1) is 10.7. The van der Waals surface area contributed by atoms with Gasteiger partial charge in [0.15, 0.2) is 0 Å². The lowest BCUT2D eigenvalue weighted by Crippen LogP contribution is -2.35. The molecule has 0 radical (unpaired) electrons. The van der Waals surface area contributed by atoms with Crippen LogP contribution in [0.4, 0.5) is 0 Å². The van der Waals surface area contributed by atoms with Crippen LogP contribution in [0, 0.1) is 23.7 Å². The molecule has 13 heavy (non-hydrogen) atoms. The first-order valence-corrected chi connectivity index (χ1v) is 5.61. The van der Waals surface area contributed by atoms with Crippen LogP contribution < -0.4 is 0 Å². The second-order valence-corrected chi connectivity index (χ2v) is 4.82. The van der Waals surface area contributed by atoms with Crippen LogP contribution in [0.5, 0.6) is 0 Å². The van der Waals surface area contributed by atoms with E-state index in [2.05, 4.69) is 27.7 Å². The summed E-state index contributed by atoms with van der Waals surface area (Å²) in [5, 5.41) is 0. The van der Waals surface area contributed by atoms with Gasteiger partial charge in [0.25, 0.3) is 0 Å². The third-order valence-electron chi connectivity index (χ3n) is 3.60. The summed E-state index contributed by atoms with van der Waals surface area (Å²) < 4.78 is 0. The molecule has 0 aromatic heterocycles. The lowest BCUT2D eigenvalue weighted by molar-refractivity contribution is -0.132. The van der Waals surface area contributed by atoms with Gasteiger partial charge in [0.05, 0.1) is 0 Å². The minimum Gasteiger partial charge on any atom is -0.299 e. The average Bonchev–Trinajstić information content (AvgIpc) is 2.04. The molecule has 76 valence electrons. The molecule has 3 atom stereocenters. The molecule has 1 aliphatic rings. The predicted octanol–water partition coefficient (Wildman–Crippen LogP) is 3.28. The van der Waals surface area contributed by atoms with Gasteiger partial charge in [-0.2, -0.15) is 0 Å². The number of ketones is 1. The summed E-state index contributed by atoms with van der Waals surface area (Å²) in [5.41, 5.74) is 0. The van der Waals surface area contributed by atoms with Gasteiger partial charge < -0.3 is 0 Å². The zero-order valence-electron chi connectivity index (χ0n) is 9.34. The lowest BCUT2D eigenvalue weighted by atomic mass is 9.69. The summed E-state index contributed by atoms with van der Waals surface area (Å²) in [6.45, 7) is 8.71. The highest BCUT2D eigenvalue weighted by Gasteiger charge is 2.35. The van der Waals surface area contributed by atoms with Gasteiger partial charge in [-0.25, -0.2) is 0 Å². The van der Waals surface area contributed by atoms with Gasteiger partial charge in [0, 0.05) is 11.8 Å². The standard InChI is InChI=1S/C12H22O/c1-5-10-9(4)6-7-11(8(2)3)12(10)13/h8-11H,5-7H2,1-4H3/t9-,10+,11+/m0/s1. The van der Waals surface area contributed by atoms with E-state index in [9.17, 15) is 4.79 Å². The third-order valence-corrected chi connectivity index (χ3v) is 3.60. The minimum absolute atomic E-state index is 0.348. The average molecular weight is 182 g/mol. The van der Waals surface area contributed by atoms with Gasteiger partial charge in [-0.1, -0.05) is 27.7 Å². The number of carbonyl (C=O) groups excluding carboxylic acids is 1. The second kappa shape index (κ2) is 4.26. The molecule has 0 N–H and O–H groups in total. The van der Waals surface area contributed by atoms with Crippen molar-refractivity contribution < 1.29 is 4.79 Å². The van der Waals surface area contributed by atoms with Crippen LogP contribution in [0.25, 0.3) is 0 Å². The molecule has 0 unspecified atom stereocenters. The quantitative estimate of drug-likeness (QED) is 0.640. The molecule has 0 bridgehead atoms. The highest BCUT2D eigenvalue weighted by Crippen LogP contribution is 2.35. The summed E-state index contributed by atoms with van der Waals surface area (Å²) in [6.07, 6.45) is 3.39. The van der Waals surface area contributed by atoms with Gasteiger partial charge in [-0.3, -0.25) is 4.79 Å². The van der Waals surface area contributed by atoms with Crippen LogP contribution >= 0.6 is 0 Å². The maximum atomic E-state index is 12.0. The number of carbonyl (C=O) groups is 1. The molecule has 0 saturated heterocycles. The van der Waals surface area contributed by atoms with Crippen molar-refractivity contribution >= 4 is 5.78 Å². The topological polar surface area (TPSA) is 17.1 Å². The number of Topliss-reactive ketones (excluding diaryl/α,β-unsaturated/α-hetero) is 1. The Hall–Kier alpha value is -0.330. The lowest BCUT2D eigenvalue weighted by Gasteiger charge is -2.34. The summed E-state index contributed by atoms with van der Waals surface area (Å²) in [4.78, 5) is 12.0. The monoisotopic (exact) mass is 182 g/mol. The molecule has 1 saturated carbocycles. The van der Waals surface area contributed by atoms with Gasteiger partial charge in [0.2, 0.25) is 0 Å². The van der Waals surface area contributed by atoms with Crippen LogP contribution in [0.1, 0.15) is 47.0 Å². The van der Waals surface area contributed by atoms with E-state index >= 15 is 0 Å². The SMILES string of the molecule is CC[C@H]1C(=O)[C@@H](C(C)C)CC[C@@H]1C. The largest absolute Gasteiger partial charge is 0.299 e. The van der Waals surface area contributed by atoms with Gasteiger partial charge in [0.1, 0.15) is 5.78 Å². The second-order valence-electron chi connectivity index (χ2n) is 4.82. The van der Waals surface area contributed by atoms with E-state index in [0.29, 0.717) is 29.5 Å². The van der Waals surface area contributed by atoms with Crippen molar-refractivity contribution in [1.82, 2.24) is 0 Å². The first-order valence-electron chi connectivity index (χ1n) is 5.61. The predicted molar refractivity (Wildman–Crippen MR) is 55.5 cm³/mol. The molecule has 0 amide bonds. The number of hydrogen-bond acceptors (Lipinski definition) is 1. The Bertz CT molecular complexity index is 180. The Morgan fingerprint density at radius 1 is 1.38 bits per heavy atom. The van der Waals surface area contributed by atoms with Gasteiger partial charge in [-0.05, 0) is 31.1 Å². The van der Waals surface area contributed by atoms with Crippen LogP contribution in [0.2, 0.25) is 0 Å². The minimum atomic E-state index is 0.348. The van der Waals surface area contributed by atoms with Crippen LogP contribution in [-0.4, -0.2) is 5.78 Å². The van der Waals surface area contributed by atoms with Crippen molar-refractivity contribution in [2.24, 2.45) is 23.7 Å². The van der Waals surface area contributed by atoms with Crippen molar-refractivity contribution in [3.8, 4) is 0 Å². The number of rotatable bonds is 2. The van der Waals surface area contributed by atoms with Crippen LogP contribution in [-0.2, 0) is 4.79 Å². The van der Waals surface area contributed by atoms with E-state index in [0.717, 1.165) is 12.8 Å². The Labute approximate surface area is 81.9 Å². The Balaban J connectivity index is 2.69. The molecule has 1 rings (SSSR count). The van der Waals surface area contributed by atoms with E-state index in [1.165, 1.54) is 6.42 Å². The zero-order chi connectivity index (χ0) is 10.0. The molecule has 1 aliphatic carbocycles. The smallest absolute Gasteiger partial charge is 0.139 e. The van der Waals surface area contributed by atoms with Crippen molar-refractivity contribution in [3.05, 3.63) is 0 Å². The van der Waals surface area contributed by atoms with Crippen molar-refractivity contribution in [2.75, 3.05) is 0 Å². The normalized spacial score (nSPS) is 35.5. The maximum Gasteiger partial charge on any atom is 0.139 e. The van der Waals surface area contributed by atoms with E-state index < -0.39 is 0 Å². The Morgan fingerprint density at radius 2 is 2.00 bits per heavy atom. The fourth-order valence-corrected chi connectivity index (χ4v) is 2.61. The molecule has 0 aromatic carbocycles. The molecular weight excluding hydrogens is 160 g/mol. The van der Waals surface area contributed by atoms with Crippen molar-refractivity contribution in [2.45, 2.75) is 47.0 Å². The fourth-order valence-electron chi connectivity index (χ4n) is 2.61. The first-order chi connectivity index (χ1) is 6.07. The molecule has 1 heteroatoms. The summed E-state index contributed by atoms with van der Waals surface area (Å²) in [5.74, 6) is 2.39. The molecule has 0 heterocycles. The molecule has 0 aliphatic heterocycles. The van der Waals surface area contributed by atoms with E-state index in [1.54, 1.807) is 0 Å². The molecule has 1 nitrogen and oxygen atoms in total. The molecule has 0 aromatic rings. The van der Waals surface area contributed by atoms with E-state index in [4.69, 9.17) is 0 Å². The fraction of sp³-hybridized carbons (Fsp3) is 0.917. The van der Waals surface area contributed by atoms with Gasteiger partial charge >= 0.3 is 0 Å². The third kappa shape index (κ3) is 2.12. The summed E-state index contributed by atoms with van der Waals surface area (Å²) in [7, 11) is 0. The molecular formula is C12H22O. The zero-order valence-corrected chi connectivity index (χ0v) is 9.34.